The Hall–Kier alpha value is -0.730. The number of rotatable bonds is 4. The predicted molar refractivity (Wildman–Crippen MR) is 59.7 cm³/mol. The number of benzene rings is 1. The van der Waals surface area contributed by atoms with Crippen LogP contribution in [0.3, 0.4) is 0 Å². The van der Waals surface area contributed by atoms with Crippen molar-refractivity contribution in [2.75, 3.05) is 0 Å². The van der Waals surface area contributed by atoms with Gasteiger partial charge in [-0.2, -0.15) is 0 Å². The third-order valence-corrected chi connectivity index (χ3v) is 2.46. The van der Waals surface area contributed by atoms with Gasteiger partial charge in [0.05, 0.1) is 11.1 Å². The molecule has 2 N–H and O–H groups in total. The second-order valence-electron chi connectivity index (χ2n) is 3.27. The summed E-state index contributed by atoms with van der Waals surface area (Å²) in [6.07, 6.45) is 1.12. The summed E-state index contributed by atoms with van der Waals surface area (Å²) in [5.41, 5.74) is 6.55. The lowest BCUT2D eigenvalue weighted by Crippen LogP contribution is -2.12. The normalized spacial score (nSPS) is 12.6. The number of ether oxygens (including phenoxy) is 1. The van der Waals surface area contributed by atoms with Crippen molar-refractivity contribution >= 4 is 11.6 Å². The summed E-state index contributed by atoms with van der Waals surface area (Å²) in [5, 5.41) is 0.633. The summed E-state index contributed by atoms with van der Waals surface area (Å²) in [5.74, 6) is 0.728. The Bertz CT molecular complexity index is 301. The van der Waals surface area contributed by atoms with Crippen LogP contribution in [0.15, 0.2) is 18.2 Å². The molecule has 1 unspecified atom stereocenters. The van der Waals surface area contributed by atoms with Crippen LogP contribution in [0, 0.1) is 0 Å². The van der Waals surface area contributed by atoms with Gasteiger partial charge < -0.3 is 10.5 Å². The highest BCUT2D eigenvalue weighted by Crippen LogP contribution is 2.29. The van der Waals surface area contributed by atoms with Crippen LogP contribution in [-0.2, 0) is 6.54 Å². The zero-order valence-corrected chi connectivity index (χ0v) is 9.34. The first kappa shape index (κ1) is 11.3. The minimum Gasteiger partial charge on any atom is -0.489 e. The minimum atomic E-state index is 0.167. The molecular weight excluding hydrogens is 198 g/mol. The Morgan fingerprint density at radius 3 is 2.79 bits per heavy atom. The van der Waals surface area contributed by atoms with Crippen LogP contribution in [-0.4, -0.2) is 6.10 Å². The molecule has 0 spiro atoms. The fraction of sp³-hybridized carbons (Fsp3) is 0.455. The average molecular weight is 214 g/mol. The molecule has 2 nitrogen and oxygen atoms in total. The van der Waals surface area contributed by atoms with E-state index in [-0.39, 0.29) is 6.10 Å². The van der Waals surface area contributed by atoms with Crippen molar-refractivity contribution in [3.63, 3.8) is 0 Å². The maximum atomic E-state index is 6.03. The van der Waals surface area contributed by atoms with E-state index in [1.165, 1.54) is 0 Å². The third kappa shape index (κ3) is 2.63. The zero-order chi connectivity index (χ0) is 10.6. The van der Waals surface area contributed by atoms with Crippen LogP contribution in [0.25, 0.3) is 0 Å². The maximum absolute atomic E-state index is 6.03. The Kier molecular flexibility index (Phi) is 4.23. The molecule has 0 aromatic heterocycles. The second kappa shape index (κ2) is 5.23. The number of nitrogens with two attached hydrogens (primary N) is 1. The highest BCUT2D eigenvalue weighted by atomic mass is 35.5. The summed E-state index contributed by atoms with van der Waals surface area (Å²) < 4.78 is 5.70. The molecular formula is C11H16ClNO. The van der Waals surface area contributed by atoms with E-state index in [1.54, 1.807) is 0 Å². The molecule has 0 saturated heterocycles. The van der Waals surface area contributed by atoms with Gasteiger partial charge in [0, 0.05) is 12.1 Å². The van der Waals surface area contributed by atoms with E-state index < -0.39 is 0 Å². The molecule has 0 heterocycles. The molecule has 0 aliphatic rings. The SMILES string of the molecule is CCC(C)Oc1c(Cl)cccc1CN. The van der Waals surface area contributed by atoms with Gasteiger partial charge in [0.2, 0.25) is 0 Å². The minimum absolute atomic E-state index is 0.167. The lowest BCUT2D eigenvalue weighted by atomic mass is 10.2. The average Bonchev–Trinajstić information content (AvgIpc) is 2.20. The van der Waals surface area contributed by atoms with Crippen molar-refractivity contribution in [2.45, 2.75) is 32.9 Å². The smallest absolute Gasteiger partial charge is 0.142 e. The van der Waals surface area contributed by atoms with Crippen LogP contribution in [0.2, 0.25) is 5.02 Å². The van der Waals surface area contributed by atoms with E-state index >= 15 is 0 Å². The Balaban J connectivity index is 2.92. The summed E-state index contributed by atoms with van der Waals surface area (Å²) in [6.45, 7) is 4.54. The number of hydrogen-bond donors (Lipinski definition) is 1. The lowest BCUT2D eigenvalue weighted by Gasteiger charge is -2.16. The molecule has 1 aromatic carbocycles. The molecule has 0 aliphatic heterocycles. The van der Waals surface area contributed by atoms with Crippen molar-refractivity contribution in [2.24, 2.45) is 5.73 Å². The molecule has 14 heavy (non-hydrogen) atoms. The Labute approximate surface area is 90.0 Å². The third-order valence-electron chi connectivity index (χ3n) is 2.16. The summed E-state index contributed by atoms with van der Waals surface area (Å²) in [7, 11) is 0. The molecule has 78 valence electrons. The molecule has 1 rings (SSSR count). The topological polar surface area (TPSA) is 35.2 Å². The number of para-hydroxylation sites is 1. The largest absolute Gasteiger partial charge is 0.489 e. The van der Waals surface area contributed by atoms with Crippen LogP contribution in [0.5, 0.6) is 5.75 Å². The Morgan fingerprint density at radius 1 is 1.50 bits per heavy atom. The fourth-order valence-electron chi connectivity index (χ4n) is 1.13. The van der Waals surface area contributed by atoms with Gasteiger partial charge >= 0.3 is 0 Å². The molecule has 0 bridgehead atoms. The van der Waals surface area contributed by atoms with Gasteiger partial charge in [-0.25, -0.2) is 0 Å². The summed E-state index contributed by atoms with van der Waals surface area (Å²) in [4.78, 5) is 0. The first-order valence-electron chi connectivity index (χ1n) is 4.83. The van der Waals surface area contributed by atoms with Gasteiger partial charge in [0.1, 0.15) is 5.75 Å². The van der Waals surface area contributed by atoms with Gasteiger partial charge in [0.25, 0.3) is 0 Å². The molecule has 1 aromatic rings. The second-order valence-corrected chi connectivity index (χ2v) is 3.68. The van der Waals surface area contributed by atoms with Crippen LogP contribution >= 0.6 is 11.6 Å². The van der Waals surface area contributed by atoms with E-state index in [0.29, 0.717) is 11.6 Å². The predicted octanol–water partition coefficient (Wildman–Crippen LogP) is 2.98. The van der Waals surface area contributed by atoms with Crippen LogP contribution < -0.4 is 10.5 Å². The van der Waals surface area contributed by atoms with Gasteiger partial charge in [-0.15, -0.1) is 0 Å². The van der Waals surface area contributed by atoms with Gasteiger partial charge in [0.15, 0.2) is 0 Å². The molecule has 0 aliphatic carbocycles. The first-order valence-corrected chi connectivity index (χ1v) is 5.21. The summed E-state index contributed by atoms with van der Waals surface area (Å²) in [6, 6.07) is 5.63. The first-order chi connectivity index (χ1) is 6.69. The fourth-order valence-corrected chi connectivity index (χ4v) is 1.37. The highest BCUT2D eigenvalue weighted by Gasteiger charge is 2.09. The van der Waals surface area contributed by atoms with E-state index in [0.717, 1.165) is 17.7 Å². The zero-order valence-electron chi connectivity index (χ0n) is 8.59. The van der Waals surface area contributed by atoms with Crippen molar-refractivity contribution in [1.29, 1.82) is 0 Å². The van der Waals surface area contributed by atoms with E-state index in [1.807, 2.05) is 25.1 Å². The standard InChI is InChI=1S/C11H16ClNO/c1-3-8(2)14-11-9(7-13)5-4-6-10(11)12/h4-6,8H,3,7,13H2,1-2H3. The summed E-state index contributed by atoms with van der Waals surface area (Å²) >= 11 is 6.03. The maximum Gasteiger partial charge on any atom is 0.142 e. The van der Waals surface area contributed by atoms with E-state index in [2.05, 4.69) is 6.92 Å². The monoisotopic (exact) mass is 213 g/mol. The molecule has 0 saturated carbocycles. The van der Waals surface area contributed by atoms with E-state index in [9.17, 15) is 0 Å². The van der Waals surface area contributed by atoms with Gasteiger partial charge in [-0.3, -0.25) is 0 Å². The van der Waals surface area contributed by atoms with Gasteiger partial charge in [-0.05, 0) is 19.4 Å². The molecule has 3 heteroatoms. The number of halogens is 1. The number of hydrogen-bond acceptors (Lipinski definition) is 2. The Morgan fingerprint density at radius 2 is 2.21 bits per heavy atom. The van der Waals surface area contributed by atoms with Crippen LogP contribution in [0.4, 0.5) is 0 Å². The molecule has 0 amide bonds. The van der Waals surface area contributed by atoms with Crippen LogP contribution in [0.1, 0.15) is 25.8 Å². The van der Waals surface area contributed by atoms with Gasteiger partial charge in [-0.1, -0.05) is 30.7 Å². The van der Waals surface area contributed by atoms with Crippen molar-refractivity contribution < 1.29 is 4.74 Å². The van der Waals surface area contributed by atoms with E-state index in [4.69, 9.17) is 22.1 Å². The molecule has 0 radical (unpaired) electrons. The molecule has 1 atom stereocenters. The molecule has 0 fully saturated rings. The van der Waals surface area contributed by atoms with Crippen molar-refractivity contribution in [3.8, 4) is 5.75 Å². The van der Waals surface area contributed by atoms with Crippen molar-refractivity contribution in [3.05, 3.63) is 28.8 Å². The quantitative estimate of drug-likeness (QED) is 0.835. The highest BCUT2D eigenvalue weighted by molar-refractivity contribution is 6.32. The lowest BCUT2D eigenvalue weighted by molar-refractivity contribution is 0.215. The van der Waals surface area contributed by atoms with Crippen molar-refractivity contribution in [1.82, 2.24) is 0 Å².